The van der Waals surface area contributed by atoms with Crippen molar-refractivity contribution in [3.8, 4) is 0 Å². The number of allylic oxidation sites excluding steroid dienone is 1. The van der Waals surface area contributed by atoms with Crippen LogP contribution in [-0.4, -0.2) is 11.2 Å². The smallest absolute Gasteiger partial charge is 0.0600 e. The lowest BCUT2D eigenvalue weighted by Crippen LogP contribution is -2.29. The third-order valence-electron chi connectivity index (χ3n) is 3.20. The number of rotatable bonds is 1. The van der Waals surface area contributed by atoms with Crippen molar-refractivity contribution in [2.75, 3.05) is 0 Å². The summed E-state index contributed by atoms with van der Waals surface area (Å²) < 4.78 is 0. The Morgan fingerprint density at radius 3 is 2.67 bits per heavy atom. The molecule has 12 heavy (non-hydrogen) atoms. The second-order valence-electron chi connectivity index (χ2n) is 4.19. The molecule has 2 heteroatoms. The first-order valence-electron chi connectivity index (χ1n) is 4.90. The minimum Gasteiger partial charge on any atom is -0.402 e. The van der Waals surface area contributed by atoms with E-state index in [0.717, 1.165) is 18.0 Å². The summed E-state index contributed by atoms with van der Waals surface area (Å²) in [6, 6.07) is 0. The van der Waals surface area contributed by atoms with E-state index < -0.39 is 0 Å². The van der Waals surface area contributed by atoms with Gasteiger partial charge >= 0.3 is 0 Å². The summed E-state index contributed by atoms with van der Waals surface area (Å²) in [7, 11) is 0. The number of hydrogen-bond donors (Lipinski definition) is 2. The molecule has 0 aromatic carbocycles. The lowest BCUT2D eigenvalue weighted by Gasteiger charge is -2.35. The van der Waals surface area contributed by atoms with E-state index in [1.807, 2.05) is 0 Å². The molecule has 0 bridgehead atoms. The molecule has 2 nitrogen and oxygen atoms in total. The Balaban J connectivity index is 2.00. The molecule has 0 heterocycles. The van der Waals surface area contributed by atoms with Gasteiger partial charge in [-0.25, -0.2) is 0 Å². The molecule has 2 atom stereocenters. The number of aliphatic hydroxyl groups excluding tert-OH is 1. The lowest BCUT2D eigenvalue weighted by atomic mass is 9.71. The van der Waals surface area contributed by atoms with E-state index in [2.05, 4.69) is 6.08 Å². The average Bonchev–Trinajstić information content (AvgIpc) is 1.79. The molecule has 0 aromatic rings. The highest BCUT2D eigenvalue weighted by Gasteiger charge is 2.30. The first kappa shape index (κ1) is 8.11. The number of hydrogen-bond acceptors (Lipinski definition) is 2. The monoisotopic (exact) mass is 167 g/mol. The van der Waals surface area contributed by atoms with Gasteiger partial charge in [0.1, 0.15) is 0 Å². The normalized spacial score (nSPS) is 37.2. The van der Waals surface area contributed by atoms with Crippen molar-refractivity contribution in [1.29, 1.82) is 0 Å². The Morgan fingerprint density at radius 2 is 2.17 bits per heavy atom. The van der Waals surface area contributed by atoms with E-state index in [1.54, 1.807) is 0 Å². The van der Waals surface area contributed by atoms with Gasteiger partial charge in [0.15, 0.2) is 0 Å². The van der Waals surface area contributed by atoms with E-state index in [1.165, 1.54) is 19.3 Å². The fourth-order valence-corrected chi connectivity index (χ4v) is 2.28. The van der Waals surface area contributed by atoms with Gasteiger partial charge in [0.25, 0.3) is 0 Å². The summed E-state index contributed by atoms with van der Waals surface area (Å²) in [5.74, 6) is 1.39. The summed E-state index contributed by atoms with van der Waals surface area (Å²) in [6.45, 7) is 0. The standard InChI is InChI=1S/C10H17NO/c11-9-4-8(5-10(12)6-9)7-2-1-3-7/h4,7-8,10,12H,1-3,5-6,11H2. The quantitative estimate of drug-likeness (QED) is 0.620. The Hall–Kier alpha value is -0.500. The van der Waals surface area contributed by atoms with Crippen LogP contribution in [0, 0.1) is 11.8 Å². The van der Waals surface area contributed by atoms with Gasteiger partial charge in [-0.05, 0) is 31.1 Å². The van der Waals surface area contributed by atoms with Crippen LogP contribution in [0.2, 0.25) is 0 Å². The zero-order valence-electron chi connectivity index (χ0n) is 7.37. The molecule has 0 aromatic heterocycles. The van der Waals surface area contributed by atoms with Gasteiger partial charge in [-0.1, -0.05) is 12.5 Å². The van der Waals surface area contributed by atoms with Crippen LogP contribution >= 0.6 is 0 Å². The molecule has 2 aliphatic rings. The molecule has 2 unspecified atom stereocenters. The van der Waals surface area contributed by atoms with Crippen LogP contribution in [0.5, 0.6) is 0 Å². The van der Waals surface area contributed by atoms with Crippen LogP contribution < -0.4 is 5.73 Å². The number of aliphatic hydroxyl groups is 1. The van der Waals surface area contributed by atoms with Crippen LogP contribution in [0.25, 0.3) is 0 Å². The molecule has 0 aliphatic heterocycles. The molecule has 0 spiro atoms. The minimum atomic E-state index is -0.180. The third-order valence-corrected chi connectivity index (χ3v) is 3.20. The van der Waals surface area contributed by atoms with Crippen molar-refractivity contribution in [1.82, 2.24) is 0 Å². The second kappa shape index (κ2) is 3.09. The van der Waals surface area contributed by atoms with E-state index in [9.17, 15) is 5.11 Å². The van der Waals surface area contributed by atoms with Gasteiger partial charge < -0.3 is 10.8 Å². The van der Waals surface area contributed by atoms with Crippen molar-refractivity contribution in [2.45, 2.75) is 38.2 Å². The van der Waals surface area contributed by atoms with E-state index in [4.69, 9.17) is 5.73 Å². The lowest BCUT2D eigenvalue weighted by molar-refractivity contribution is 0.108. The van der Waals surface area contributed by atoms with Crippen LogP contribution in [-0.2, 0) is 0 Å². The highest BCUT2D eigenvalue weighted by atomic mass is 16.3. The van der Waals surface area contributed by atoms with E-state index >= 15 is 0 Å². The zero-order valence-corrected chi connectivity index (χ0v) is 7.37. The Kier molecular flexibility index (Phi) is 2.09. The van der Waals surface area contributed by atoms with E-state index in [-0.39, 0.29) is 6.10 Å². The highest BCUT2D eigenvalue weighted by Crippen LogP contribution is 2.39. The van der Waals surface area contributed by atoms with Crippen molar-refractivity contribution in [3.63, 3.8) is 0 Å². The third kappa shape index (κ3) is 1.48. The van der Waals surface area contributed by atoms with Crippen LogP contribution in [0.1, 0.15) is 32.1 Å². The predicted molar refractivity (Wildman–Crippen MR) is 48.3 cm³/mol. The van der Waals surface area contributed by atoms with Gasteiger partial charge in [-0.2, -0.15) is 0 Å². The molecule has 0 saturated heterocycles. The molecule has 2 aliphatic carbocycles. The Morgan fingerprint density at radius 1 is 1.42 bits per heavy atom. The van der Waals surface area contributed by atoms with Crippen LogP contribution in [0.4, 0.5) is 0 Å². The minimum absolute atomic E-state index is 0.180. The Bertz CT molecular complexity index is 196. The van der Waals surface area contributed by atoms with Crippen molar-refractivity contribution in [2.24, 2.45) is 17.6 Å². The second-order valence-corrected chi connectivity index (χ2v) is 4.19. The molecular formula is C10H17NO. The predicted octanol–water partition coefficient (Wildman–Crippen LogP) is 1.40. The maximum atomic E-state index is 9.50. The van der Waals surface area contributed by atoms with E-state index in [0.29, 0.717) is 12.3 Å². The Labute approximate surface area is 73.5 Å². The summed E-state index contributed by atoms with van der Waals surface area (Å²) in [5, 5.41) is 9.50. The fourth-order valence-electron chi connectivity index (χ4n) is 2.28. The maximum absolute atomic E-state index is 9.50. The summed E-state index contributed by atoms with van der Waals surface area (Å²) in [6.07, 6.45) is 7.65. The molecule has 0 amide bonds. The summed E-state index contributed by atoms with van der Waals surface area (Å²) in [5.41, 5.74) is 6.63. The molecule has 68 valence electrons. The molecule has 2 rings (SSSR count). The summed E-state index contributed by atoms with van der Waals surface area (Å²) >= 11 is 0. The van der Waals surface area contributed by atoms with Gasteiger partial charge in [0.2, 0.25) is 0 Å². The molecule has 3 N–H and O–H groups in total. The summed E-state index contributed by atoms with van der Waals surface area (Å²) in [4.78, 5) is 0. The molecule has 0 radical (unpaired) electrons. The molecule has 1 saturated carbocycles. The first-order chi connectivity index (χ1) is 5.75. The van der Waals surface area contributed by atoms with Crippen LogP contribution in [0.15, 0.2) is 11.8 Å². The largest absolute Gasteiger partial charge is 0.402 e. The average molecular weight is 167 g/mol. The van der Waals surface area contributed by atoms with Gasteiger partial charge in [-0.15, -0.1) is 0 Å². The fraction of sp³-hybridized carbons (Fsp3) is 0.800. The van der Waals surface area contributed by atoms with Crippen molar-refractivity contribution >= 4 is 0 Å². The van der Waals surface area contributed by atoms with Crippen molar-refractivity contribution < 1.29 is 5.11 Å². The molecule has 1 fully saturated rings. The van der Waals surface area contributed by atoms with Crippen LogP contribution in [0.3, 0.4) is 0 Å². The van der Waals surface area contributed by atoms with Gasteiger partial charge in [0.05, 0.1) is 6.10 Å². The highest BCUT2D eigenvalue weighted by molar-refractivity contribution is 5.08. The SMILES string of the molecule is NC1=CC(C2CCC2)CC(O)C1. The first-order valence-corrected chi connectivity index (χ1v) is 4.90. The van der Waals surface area contributed by atoms with Gasteiger partial charge in [-0.3, -0.25) is 0 Å². The van der Waals surface area contributed by atoms with Gasteiger partial charge in [0, 0.05) is 12.1 Å². The van der Waals surface area contributed by atoms with Crippen molar-refractivity contribution in [3.05, 3.63) is 11.8 Å². The zero-order chi connectivity index (χ0) is 8.55. The molecular weight excluding hydrogens is 150 g/mol. The topological polar surface area (TPSA) is 46.2 Å². The number of nitrogens with two attached hydrogens (primary N) is 1. The maximum Gasteiger partial charge on any atom is 0.0600 e.